The summed E-state index contributed by atoms with van der Waals surface area (Å²) in [6.07, 6.45) is 1.02. The number of nitrogens with one attached hydrogen (secondary N) is 1. The topological polar surface area (TPSA) is 102 Å². The first kappa shape index (κ1) is 17.5. The van der Waals surface area contributed by atoms with Gasteiger partial charge < -0.3 is 0 Å². The summed E-state index contributed by atoms with van der Waals surface area (Å²) in [5.74, 6) is 0. The van der Waals surface area contributed by atoms with Crippen molar-refractivity contribution in [2.75, 3.05) is 4.72 Å². The molecule has 10 heteroatoms. The highest BCUT2D eigenvalue weighted by atomic mass is 35.5. The Labute approximate surface area is 142 Å². The SMILES string of the molecule is Cc1cc(C)c(NS(=O)(=O)c2cnc(Cl)c(Cl)c2)c([N+](=O)[O-])c1. The smallest absolute Gasteiger partial charge is 0.273 e. The summed E-state index contributed by atoms with van der Waals surface area (Å²) in [6.45, 7) is 3.26. The third-order valence-corrected chi connectivity index (χ3v) is 4.98. The number of sulfonamides is 1. The van der Waals surface area contributed by atoms with Crippen molar-refractivity contribution in [3.63, 3.8) is 0 Å². The highest BCUT2D eigenvalue weighted by molar-refractivity contribution is 7.92. The average Bonchev–Trinajstić information content (AvgIpc) is 2.44. The van der Waals surface area contributed by atoms with Crippen LogP contribution >= 0.6 is 23.2 Å². The largest absolute Gasteiger partial charge is 0.293 e. The molecular weight excluding hydrogens is 365 g/mol. The quantitative estimate of drug-likeness (QED) is 0.498. The normalized spacial score (nSPS) is 11.3. The Morgan fingerprint density at radius 2 is 1.87 bits per heavy atom. The maximum Gasteiger partial charge on any atom is 0.293 e. The minimum Gasteiger partial charge on any atom is -0.273 e. The molecule has 0 aliphatic rings. The zero-order valence-corrected chi connectivity index (χ0v) is 14.3. The molecule has 0 radical (unpaired) electrons. The van der Waals surface area contributed by atoms with E-state index in [4.69, 9.17) is 23.2 Å². The number of anilines is 1. The lowest BCUT2D eigenvalue weighted by atomic mass is 10.1. The van der Waals surface area contributed by atoms with E-state index in [0.29, 0.717) is 11.1 Å². The minimum atomic E-state index is -4.10. The van der Waals surface area contributed by atoms with Crippen LogP contribution in [0.2, 0.25) is 10.2 Å². The molecule has 0 saturated carbocycles. The van der Waals surface area contributed by atoms with Crippen LogP contribution in [-0.4, -0.2) is 18.3 Å². The monoisotopic (exact) mass is 375 g/mol. The van der Waals surface area contributed by atoms with Crippen molar-refractivity contribution < 1.29 is 13.3 Å². The first-order valence-electron chi connectivity index (χ1n) is 6.21. The zero-order chi connectivity index (χ0) is 17.4. The fraction of sp³-hybridized carbons (Fsp3) is 0.154. The number of pyridine rings is 1. The summed E-state index contributed by atoms with van der Waals surface area (Å²) in [5, 5.41) is 11.1. The van der Waals surface area contributed by atoms with Crippen molar-refractivity contribution in [3.05, 3.63) is 55.8 Å². The fourth-order valence-corrected chi connectivity index (χ4v) is 3.42. The first-order chi connectivity index (χ1) is 10.6. The van der Waals surface area contributed by atoms with Gasteiger partial charge in [0.05, 0.1) is 9.95 Å². The van der Waals surface area contributed by atoms with Gasteiger partial charge in [0.25, 0.3) is 15.7 Å². The third kappa shape index (κ3) is 3.72. The van der Waals surface area contributed by atoms with E-state index in [9.17, 15) is 18.5 Å². The van der Waals surface area contributed by atoms with Crippen LogP contribution in [0.25, 0.3) is 0 Å². The lowest BCUT2D eigenvalue weighted by molar-refractivity contribution is -0.384. The summed E-state index contributed by atoms with van der Waals surface area (Å²) in [6, 6.07) is 4.05. The summed E-state index contributed by atoms with van der Waals surface area (Å²) in [4.78, 5) is 13.9. The van der Waals surface area contributed by atoms with Gasteiger partial charge in [0.2, 0.25) is 0 Å². The molecule has 23 heavy (non-hydrogen) atoms. The Kier molecular flexibility index (Phi) is 4.79. The Bertz CT molecular complexity index is 900. The van der Waals surface area contributed by atoms with Gasteiger partial charge in [-0.2, -0.15) is 0 Å². The molecule has 2 rings (SSSR count). The number of hydrogen-bond acceptors (Lipinski definition) is 5. The first-order valence-corrected chi connectivity index (χ1v) is 8.45. The third-order valence-electron chi connectivity index (χ3n) is 2.97. The highest BCUT2D eigenvalue weighted by Gasteiger charge is 2.24. The van der Waals surface area contributed by atoms with E-state index in [1.165, 1.54) is 6.07 Å². The number of aryl methyl sites for hydroxylation is 2. The summed E-state index contributed by atoms with van der Waals surface area (Å²) >= 11 is 11.4. The second kappa shape index (κ2) is 6.31. The van der Waals surface area contributed by atoms with Crippen molar-refractivity contribution in [2.24, 2.45) is 0 Å². The lowest BCUT2D eigenvalue weighted by Crippen LogP contribution is -2.15. The Morgan fingerprint density at radius 3 is 2.43 bits per heavy atom. The molecule has 122 valence electrons. The van der Waals surface area contributed by atoms with Crippen molar-refractivity contribution in [1.29, 1.82) is 0 Å². The molecule has 2 aromatic rings. The number of nitro benzene ring substituents is 1. The van der Waals surface area contributed by atoms with Gasteiger partial charge in [0, 0.05) is 12.3 Å². The molecule has 0 saturated heterocycles. The van der Waals surface area contributed by atoms with Gasteiger partial charge in [0.1, 0.15) is 15.7 Å². The van der Waals surface area contributed by atoms with E-state index >= 15 is 0 Å². The fourth-order valence-electron chi connectivity index (χ4n) is 1.97. The van der Waals surface area contributed by atoms with Crippen LogP contribution in [0.3, 0.4) is 0 Å². The van der Waals surface area contributed by atoms with Crippen molar-refractivity contribution in [1.82, 2.24) is 4.98 Å². The Morgan fingerprint density at radius 1 is 1.22 bits per heavy atom. The molecular formula is C13H11Cl2N3O4S. The van der Waals surface area contributed by atoms with E-state index in [1.807, 2.05) is 0 Å². The van der Waals surface area contributed by atoms with Crippen LogP contribution in [0.1, 0.15) is 11.1 Å². The molecule has 0 fully saturated rings. The van der Waals surface area contributed by atoms with Crippen LogP contribution in [0.4, 0.5) is 11.4 Å². The van der Waals surface area contributed by atoms with Crippen molar-refractivity contribution in [3.8, 4) is 0 Å². The van der Waals surface area contributed by atoms with Gasteiger partial charge in [-0.15, -0.1) is 0 Å². The second-order valence-corrected chi connectivity index (χ2v) is 7.23. The number of nitrogens with zero attached hydrogens (tertiary/aromatic N) is 2. The van der Waals surface area contributed by atoms with E-state index in [2.05, 4.69) is 9.71 Å². The van der Waals surface area contributed by atoms with Gasteiger partial charge in [-0.1, -0.05) is 29.3 Å². The Hall–Kier alpha value is -1.90. The van der Waals surface area contributed by atoms with E-state index in [-0.39, 0.29) is 26.4 Å². The summed E-state index contributed by atoms with van der Waals surface area (Å²) in [5.41, 5.74) is 0.632. The van der Waals surface area contributed by atoms with E-state index in [0.717, 1.165) is 12.3 Å². The van der Waals surface area contributed by atoms with Crippen LogP contribution in [0.5, 0.6) is 0 Å². The lowest BCUT2D eigenvalue weighted by Gasteiger charge is -2.12. The van der Waals surface area contributed by atoms with Crippen LogP contribution < -0.4 is 4.72 Å². The molecule has 1 aromatic heterocycles. The molecule has 1 heterocycles. The highest BCUT2D eigenvalue weighted by Crippen LogP contribution is 2.32. The number of rotatable bonds is 4. The average molecular weight is 376 g/mol. The van der Waals surface area contributed by atoms with Crippen molar-refractivity contribution in [2.45, 2.75) is 18.7 Å². The predicted molar refractivity (Wildman–Crippen MR) is 87.6 cm³/mol. The summed E-state index contributed by atoms with van der Waals surface area (Å²) < 4.78 is 27.0. The standard InChI is InChI=1S/C13H11Cl2N3O4S/c1-7-3-8(2)12(11(4-7)18(19)20)17-23(21,22)9-5-10(14)13(15)16-6-9/h3-6,17H,1-2H3. The molecule has 0 aliphatic carbocycles. The summed E-state index contributed by atoms with van der Waals surface area (Å²) in [7, 11) is -4.10. The Balaban J connectivity index is 2.53. The molecule has 0 spiro atoms. The van der Waals surface area contributed by atoms with Gasteiger partial charge in [0.15, 0.2) is 0 Å². The van der Waals surface area contributed by atoms with Gasteiger partial charge in [-0.25, -0.2) is 13.4 Å². The molecule has 7 nitrogen and oxygen atoms in total. The number of benzene rings is 1. The maximum atomic E-state index is 12.4. The van der Waals surface area contributed by atoms with Crippen LogP contribution in [0.15, 0.2) is 29.3 Å². The molecule has 0 aliphatic heterocycles. The van der Waals surface area contributed by atoms with Gasteiger partial charge in [-0.05, 0) is 31.0 Å². The molecule has 0 unspecified atom stereocenters. The molecule has 1 N–H and O–H groups in total. The van der Waals surface area contributed by atoms with E-state index < -0.39 is 14.9 Å². The predicted octanol–water partition coefficient (Wildman–Crippen LogP) is 3.71. The van der Waals surface area contributed by atoms with Gasteiger partial charge >= 0.3 is 0 Å². The molecule has 0 amide bonds. The molecule has 0 atom stereocenters. The van der Waals surface area contributed by atoms with Crippen molar-refractivity contribution >= 4 is 44.6 Å². The zero-order valence-electron chi connectivity index (χ0n) is 12.0. The molecule has 0 bridgehead atoms. The van der Waals surface area contributed by atoms with E-state index in [1.54, 1.807) is 19.9 Å². The molecule has 1 aromatic carbocycles. The second-order valence-electron chi connectivity index (χ2n) is 4.78. The number of halogens is 2. The number of aromatic nitrogens is 1. The number of nitro groups is 1. The van der Waals surface area contributed by atoms with Crippen LogP contribution in [-0.2, 0) is 10.0 Å². The minimum absolute atomic E-state index is 0.0373. The van der Waals surface area contributed by atoms with Gasteiger partial charge in [-0.3, -0.25) is 14.8 Å². The van der Waals surface area contributed by atoms with Crippen LogP contribution in [0, 0.1) is 24.0 Å². The number of hydrogen-bond donors (Lipinski definition) is 1. The maximum absolute atomic E-state index is 12.4.